The molecule has 1 unspecified atom stereocenters. The van der Waals surface area contributed by atoms with E-state index >= 15 is 0 Å². The second kappa shape index (κ2) is 6.44. The van der Waals surface area contributed by atoms with Crippen LogP contribution >= 0.6 is 0 Å². The van der Waals surface area contributed by atoms with Crippen molar-refractivity contribution in [3.8, 4) is 0 Å². The molecule has 1 atom stereocenters. The van der Waals surface area contributed by atoms with Crippen LogP contribution < -0.4 is 5.73 Å². The molecule has 2 aliphatic carbocycles. The third-order valence-corrected chi connectivity index (χ3v) is 4.41. The smallest absolute Gasteiger partial charge is 0.0282 e. The van der Waals surface area contributed by atoms with Crippen LogP contribution in [0.4, 0.5) is 0 Å². The van der Waals surface area contributed by atoms with Crippen LogP contribution in [0.15, 0.2) is 11.6 Å². The summed E-state index contributed by atoms with van der Waals surface area (Å²) in [4.78, 5) is 0. The minimum Gasteiger partial charge on any atom is -0.324 e. The minimum atomic E-state index is 0.387. The Labute approximate surface area is 100 Å². The first-order valence-electron chi connectivity index (χ1n) is 7.32. The van der Waals surface area contributed by atoms with Crippen molar-refractivity contribution >= 4 is 0 Å². The molecule has 0 aromatic heterocycles. The summed E-state index contributed by atoms with van der Waals surface area (Å²) >= 11 is 0. The van der Waals surface area contributed by atoms with Crippen LogP contribution in [0.2, 0.25) is 0 Å². The zero-order chi connectivity index (χ0) is 11.2. The highest BCUT2D eigenvalue weighted by atomic mass is 14.7. The average Bonchev–Trinajstić information content (AvgIpc) is 2.29. The Morgan fingerprint density at radius 3 is 2.25 bits per heavy atom. The Balaban J connectivity index is 1.90. The Bertz CT molecular complexity index is 224. The van der Waals surface area contributed by atoms with Gasteiger partial charge in [0.15, 0.2) is 0 Å². The SMILES string of the molecule is NC(C1=CCCCC1)C1CCCCCCC1. The molecular weight excluding hydrogens is 194 g/mol. The molecule has 1 nitrogen and oxygen atoms in total. The van der Waals surface area contributed by atoms with Gasteiger partial charge in [0.1, 0.15) is 0 Å². The van der Waals surface area contributed by atoms with E-state index in [1.165, 1.54) is 70.6 Å². The molecule has 0 bridgehead atoms. The van der Waals surface area contributed by atoms with E-state index in [1.807, 2.05) is 0 Å². The van der Waals surface area contributed by atoms with E-state index in [4.69, 9.17) is 5.73 Å². The van der Waals surface area contributed by atoms with Crippen molar-refractivity contribution in [2.75, 3.05) is 0 Å². The molecular formula is C15H27N. The highest BCUT2D eigenvalue weighted by molar-refractivity contribution is 5.13. The topological polar surface area (TPSA) is 26.0 Å². The standard InChI is InChI=1S/C15H27N/c16-15(14-11-7-4-8-12-14)13-9-5-2-1-3-6-10-13/h11,13,15H,1-10,12,16H2. The first-order chi connectivity index (χ1) is 7.88. The minimum absolute atomic E-state index is 0.387. The predicted octanol–water partition coefficient (Wildman–Crippen LogP) is 4.17. The first-order valence-corrected chi connectivity index (χ1v) is 7.32. The van der Waals surface area contributed by atoms with Gasteiger partial charge in [-0.1, -0.05) is 43.8 Å². The summed E-state index contributed by atoms with van der Waals surface area (Å²) in [5.74, 6) is 0.782. The van der Waals surface area contributed by atoms with E-state index in [2.05, 4.69) is 6.08 Å². The summed E-state index contributed by atoms with van der Waals surface area (Å²) in [6.07, 6.45) is 17.6. The zero-order valence-corrected chi connectivity index (χ0v) is 10.6. The van der Waals surface area contributed by atoms with E-state index in [-0.39, 0.29) is 0 Å². The van der Waals surface area contributed by atoms with Crippen LogP contribution in [-0.2, 0) is 0 Å². The van der Waals surface area contributed by atoms with Crippen molar-refractivity contribution in [2.45, 2.75) is 76.7 Å². The largest absolute Gasteiger partial charge is 0.324 e. The fourth-order valence-corrected chi connectivity index (χ4v) is 3.32. The molecule has 0 radical (unpaired) electrons. The van der Waals surface area contributed by atoms with E-state index in [1.54, 1.807) is 5.57 Å². The van der Waals surface area contributed by atoms with Crippen LogP contribution in [0.1, 0.15) is 70.6 Å². The first kappa shape index (κ1) is 12.2. The maximum absolute atomic E-state index is 6.48. The van der Waals surface area contributed by atoms with Crippen LogP contribution in [0, 0.1) is 5.92 Å². The van der Waals surface area contributed by atoms with Crippen molar-refractivity contribution in [3.63, 3.8) is 0 Å². The summed E-state index contributed by atoms with van der Waals surface area (Å²) in [5.41, 5.74) is 8.06. The van der Waals surface area contributed by atoms with Gasteiger partial charge in [-0.15, -0.1) is 0 Å². The van der Waals surface area contributed by atoms with Gasteiger partial charge in [-0.25, -0.2) is 0 Å². The van der Waals surface area contributed by atoms with Crippen LogP contribution in [-0.4, -0.2) is 6.04 Å². The quantitative estimate of drug-likeness (QED) is 0.696. The van der Waals surface area contributed by atoms with Crippen molar-refractivity contribution in [3.05, 3.63) is 11.6 Å². The lowest BCUT2D eigenvalue weighted by Crippen LogP contribution is -2.33. The maximum Gasteiger partial charge on any atom is 0.0282 e. The average molecular weight is 221 g/mol. The van der Waals surface area contributed by atoms with Gasteiger partial charge in [0.05, 0.1) is 0 Å². The second-order valence-corrected chi connectivity index (χ2v) is 5.66. The molecule has 92 valence electrons. The Kier molecular flexibility index (Phi) is 4.90. The summed E-state index contributed by atoms with van der Waals surface area (Å²) in [5, 5.41) is 0. The molecule has 0 amide bonds. The van der Waals surface area contributed by atoms with Gasteiger partial charge >= 0.3 is 0 Å². The summed E-state index contributed by atoms with van der Waals surface area (Å²) < 4.78 is 0. The summed E-state index contributed by atoms with van der Waals surface area (Å²) in [6.45, 7) is 0. The summed E-state index contributed by atoms with van der Waals surface area (Å²) in [7, 11) is 0. The van der Waals surface area contributed by atoms with Crippen molar-refractivity contribution in [1.29, 1.82) is 0 Å². The van der Waals surface area contributed by atoms with Gasteiger partial charge in [-0.05, 0) is 44.4 Å². The van der Waals surface area contributed by atoms with E-state index in [9.17, 15) is 0 Å². The van der Waals surface area contributed by atoms with E-state index < -0.39 is 0 Å². The monoisotopic (exact) mass is 221 g/mol. The number of hydrogen-bond acceptors (Lipinski definition) is 1. The third-order valence-electron chi connectivity index (χ3n) is 4.41. The van der Waals surface area contributed by atoms with E-state index in [0.29, 0.717) is 6.04 Å². The molecule has 1 saturated carbocycles. The molecule has 2 N–H and O–H groups in total. The molecule has 0 aromatic carbocycles. The van der Waals surface area contributed by atoms with Crippen molar-refractivity contribution < 1.29 is 0 Å². The number of rotatable bonds is 2. The number of hydrogen-bond donors (Lipinski definition) is 1. The molecule has 1 heteroatoms. The third kappa shape index (κ3) is 3.35. The molecule has 2 aliphatic rings. The molecule has 0 aliphatic heterocycles. The second-order valence-electron chi connectivity index (χ2n) is 5.66. The van der Waals surface area contributed by atoms with Gasteiger partial charge in [-0.2, -0.15) is 0 Å². The Morgan fingerprint density at radius 1 is 0.938 bits per heavy atom. The van der Waals surface area contributed by atoms with Crippen molar-refractivity contribution in [1.82, 2.24) is 0 Å². The van der Waals surface area contributed by atoms with Crippen LogP contribution in [0.25, 0.3) is 0 Å². The van der Waals surface area contributed by atoms with Gasteiger partial charge in [0, 0.05) is 6.04 Å². The molecule has 0 saturated heterocycles. The van der Waals surface area contributed by atoms with E-state index in [0.717, 1.165) is 5.92 Å². The Hall–Kier alpha value is -0.300. The van der Waals surface area contributed by atoms with Gasteiger partial charge in [-0.3, -0.25) is 0 Å². The molecule has 0 spiro atoms. The normalized spacial score (nSPS) is 26.7. The van der Waals surface area contributed by atoms with Gasteiger partial charge in [0.2, 0.25) is 0 Å². The fraction of sp³-hybridized carbons (Fsp3) is 0.867. The van der Waals surface area contributed by atoms with Crippen LogP contribution in [0.3, 0.4) is 0 Å². The molecule has 2 rings (SSSR count). The maximum atomic E-state index is 6.48. The lowest BCUT2D eigenvalue weighted by molar-refractivity contribution is 0.338. The molecule has 0 heterocycles. The molecule has 1 fully saturated rings. The lowest BCUT2D eigenvalue weighted by atomic mass is 9.80. The number of nitrogens with two attached hydrogens (primary N) is 1. The number of allylic oxidation sites excluding steroid dienone is 1. The molecule has 0 aromatic rings. The molecule has 16 heavy (non-hydrogen) atoms. The fourth-order valence-electron chi connectivity index (χ4n) is 3.32. The lowest BCUT2D eigenvalue weighted by Gasteiger charge is -2.29. The van der Waals surface area contributed by atoms with Gasteiger partial charge in [0.25, 0.3) is 0 Å². The van der Waals surface area contributed by atoms with Crippen LogP contribution in [0.5, 0.6) is 0 Å². The zero-order valence-electron chi connectivity index (χ0n) is 10.6. The Morgan fingerprint density at radius 2 is 1.62 bits per heavy atom. The summed E-state index contributed by atoms with van der Waals surface area (Å²) in [6, 6.07) is 0.387. The van der Waals surface area contributed by atoms with Gasteiger partial charge < -0.3 is 5.73 Å². The van der Waals surface area contributed by atoms with Crippen molar-refractivity contribution in [2.24, 2.45) is 11.7 Å². The highest BCUT2D eigenvalue weighted by Crippen LogP contribution is 2.30. The highest BCUT2D eigenvalue weighted by Gasteiger charge is 2.22. The predicted molar refractivity (Wildman–Crippen MR) is 70.3 cm³/mol.